The second kappa shape index (κ2) is 6.77. The molecule has 0 radical (unpaired) electrons. The van der Waals surface area contributed by atoms with E-state index in [0.717, 1.165) is 58.1 Å². The van der Waals surface area contributed by atoms with Gasteiger partial charge in [-0.25, -0.2) is 0 Å². The number of pyridine rings is 1. The lowest BCUT2D eigenvalue weighted by Crippen LogP contribution is -2.36. The van der Waals surface area contributed by atoms with E-state index in [-0.39, 0.29) is 0 Å². The Balaban J connectivity index is 1.82. The number of rotatable bonds is 2. The van der Waals surface area contributed by atoms with Gasteiger partial charge in [0, 0.05) is 40.4 Å². The van der Waals surface area contributed by atoms with E-state index >= 15 is 0 Å². The van der Waals surface area contributed by atoms with Gasteiger partial charge in [0.1, 0.15) is 5.58 Å². The van der Waals surface area contributed by atoms with Crippen LogP contribution in [0.1, 0.15) is 65.9 Å². The topological polar surface area (TPSA) is 17.0 Å². The van der Waals surface area contributed by atoms with Gasteiger partial charge in [0.2, 0.25) is 5.58 Å². The first kappa shape index (κ1) is 13.5. The van der Waals surface area contributed by atoms with Crippen molar-refractivity contribution in [2.45, 2.75) is 58.7 Å². The van der Waals surface area contributed by atoms with Crippen molar-refractivity contribution in [1.82, 2.24) is 0 Å². The smallest absolute Gasteiger partial charge is 0.257 e. The van der Waals surface area contributed by atoms with E-state index in [1.165, 1.54) is 0 Å². The van der Waals surface area contributed by atoms with Crippen LogP contribution in [-0.2, 0) is 0 Å². The van der Waals surface area contributed by atoms with Gasteiger partial charge in [-0.2, -0.15) is 4.57 Å². The minimum Gasteiger partial charge on any atom is -0.449 e. The van der Waals surface area contributed by atoms with E-state index in [1.54, 1.807) is 6.07 Å². The van der Waals surface area contributed by atoms with Gasteiger partial charge in [-0.1, -0.05) is 43.5 Å². The Kier molecular flexibility index (Phi) is 3.28. The first-order valence-corrected chi connectivity index (χ1v) is 10.2. The maximum absolute atomic E-state index is 9.23. The largest absolute Gasteiger partial charge is 0.449 e. The Bertz CT molecular complexity index is 1330. The standard InChI is InChI=1S/C26H28NO/c1-17-13-14-22-21-11-7-8-12-24(21)28-26(22)25(17)27-16-23(18(2)15-19(27)3)20-9-5-4-6-10-20/h7-8,11-16,20H,4-6,9-10H2,1-3H3/q+1/i2D3,20D. The van der Waals surface area contributed by atoms with E-state index in [9.17, 15) is 1.37 Å². The summed E-state index contributed by atoms with van der Waals surface area (Å²) in [5, 5.41) is 2.10. The third-order valence-electron chi connectivity index (χ3n) is 6.08. The molecule has 1 fully saturated rings. The summed E-state index contributed by atoms with van der Waals surface area (Å²) >= 11 is 0. The van der Waals surface area contributed by atoms with Crippen molar-refractivity contribution in [2.75, 3.05) is 0 Å². The maximum atomic E-state index is 9.23. The summed E-state index contributed by atoms with van der Waals surface area (Å²) in [5.41, 5.74) is 5.31. The fraction of sp³-hybridized carbons (Fsp3) is 0.346. The molecule has 0 bridgehead atoms. The van der Waals surface area contributed by atoms with Crippen LogP contribution in [0, 0.1) is 20.7 Å². The quantitative estimate of drug-likeness (QED) is 0.351. The second-order valence-corrected chi connectivity index (χ2v) is 7.98. The molecule has 0 aliphatic heterocycles. The van der Waals surface area contributed by atoms with E-state index in [0.29, 0.717) is 24.0 Å². The molecule has 0 atom stereocenters. The minimum atomic E-state index is -2.26. The van der Waals surface area contributed by atoms with Gasteiger partial charge in [0.25, 0.3) is 5.69 Å². The molecule has 142 valence electrons. The molecule has 1 aliphatic rings. The highest BCUT2D eigenvalue weighted by Crippen LogP contribution is 2.36. The van der Waals surface area contributed by atoms with E-state index in [4.69, 9.17) is 8.53 Å². The Hall–Kier alpha value is -2.61. The molecule has 1 saturated carbocycles. The first-order valence-electron chi connectivity index (χ1n) is 12.2. The summed E-state index contributed by atoms with van der Waals surface area (Å²) < 4.78 is 42.0. The zero-order valence-corrected chi connectivity index (χ0v) is 16.5. The Morgan fingerprint density at radius 1 is 1.00 bits per heavy atom. The van der Waals surface area contributed by atoms with Gasteiger partial charge in [-0.05, 0) is 50.2 Å². The molecular weight excluding hydrogens is 342 g/mol. The van der Waals surface area contributed by atoms with Crippen LogP contribution in [0.15, 0.2) is 53.1 Å². The first-order chi connectivity index (χ1) is 15.2. The molecule has 0 N–H and O–H groups in total. The van der Waals surface area contributed by atoms with Crippen molar-refractivity contribution in [2.24, 2.45) is 0 Å². The fourth-order valence-electron chi connectivity index (χ4n) is 4.60. The molecule has 28 heavy (non-hydrogen) atoms. The Labute approximate surface area is 172 Å². The number of fused-ring (bicyclic) bond motifs is 3. The van der Waals surface area contributed by atoms with Crippen LogP contribution in [0.4, 0.5) is 0 Å². The lowest BCUT2D eigenvalue weighted by Gasteiger charge is -2.22. The zero-order chi connectivity index (χ0) is 22.7. The van der Waals surface area contributed by atoms with Crippen LogP contribution < -0.4 is 4.57 Å². The van der Waals surface area contributed by atoms with Gasteiger partial charge in [0.15, 0.2) is 11.9 Å². The van der Waals surface area contributed by atoms with Gasteiger partial charge >= 0.3 is 0 Å². The highest BCUT2D eigenvalue weighted by atomic mass is 16.3. The number of aryl methyl sites for hydroxylation is 3. The number of furan rings is 1. The summed E-state index contributed by atoms with van der Waals surface area (Å²) in [6.45, 7) is 1.71. The number of para-hydroxylation sites is 1. The lowest BCUT2D eigenvalue weighted by molar-refractivity contribution is -0.602. The van der Waals surface area contributed by atoms with Gasteiger partial charge < -0.3 is 4.42 Å². The SMILES string of the molecule is [2H]C([2H])([2H])c1cc(C)[n+](-c2c(C)ccc3c2oc2ccccc23)cc1C1([2H])CCCCC1. The van der Waals surface area contributed by atoms with Crippen LogP contribution in [0.2, 0.25) is 0 Å². The molecule has 4 aromatic rings. The number of benzene rings is 2. The predicted molar refractivity (Wildman–Crippen MR) is 115 cm³/mol. The van der Waals surface area contributed by atoms with Crippen molar-refractivity contribution in [3.8, 4) is 5.69 Å². The van der Waals surface area contributed by atoms with Crippen molar-refractivity contribution in [3.05, 3.63) is 71.0 Å². The van der Waals surface area contributed by atoms with E-state index < -0.39 is 12.7 Å². The molecule has 2 heteroatoms. The Morgan fingerprint density at radius 2 is 1.82 bits per heavy atom. The van der Waals surface area contributed by atoms with Gasteiger partial charge in [-0.3, -0.25) is 0 Å². The highest BCUT2D eigenvalue weighted by molar-refractivity contribution is 6.07. The van der Waals surface area contributed by atoms with Crippen LogP contribution in [0.3, 0.4) is 0 Å². The molecular formula is C26H28NO+. The third kappa shape index (κ3) is 2.74. The van der Waals surface area contributed by atoms with Crippen molar-refractivity contribution >= 4 is 21.9 Å². The number of hydrogen-bond donors (Lipinski definition) is 0. The van der Waals surface area contributed by atoms with Gasteiger partial charge in [0.05, 0.1) is 0 Å². The molecule has 0 unspecified atom stereocenters. The summed E-state index contributed by atoms with van der Waals surface area (Å²) in [6.07, 6.45) is 6.29. The normalized spacial score (nSPS) is 19.2. The summed E-state index contributed by atoms with van der Waals surface area (Å²) in [7, 11) is 0. The van der Waals surface area contributed by atoms with Crippen LogP contribution in [0.25, 0.3) is 27.6 Å². The maximum Gasteiger partial charge on any atom is 0.257 e. The molecule has 0 spiro atoms. The molecule has 2 heterocycles. The molecule has 5 rings (SSSR count). The molecule has 0 amide bonds. The van der Waals surface area contributed by atoms with Gasteiger partial charge in [-0.15, -0.1) is 0 Å². The van der Waals surface area contributed by atoms with Crippen molar-refractivity contribution in [3.63, 3.8) is 0 Å². The van der Waals surface area contributed by atoms with Crippen LogP contribution in [-0.4, -0.2) is 0 Å². The van der Waals surface area contributed by atoms with E-state index in [1.807, 2.05) is 42.8 Å². The molecule has 0 saturated heterocycles. The summed E-state index contributed by atoms with van der Waals surface area (Å²) in [5.74, 6) is -0.882. The lowest BCUT2D eigenvalue weighted by atomic mass is 9.83. The number of nitrogens with zero attached hydrogens (tertiary/aromatic N) is 1. The molecule has 2 aromatic carbocycles. The minimum absolute atomic E-state index is 0.303. The monoisotopic (exact) mass is 374 g/mol. The third-order valence-corrected chi connectivity index (χ3v) is 6.08. The summed E-state index contributed by atoms with van der Waals surface area (Å²) in [6, 6.07) is 13.9. The molecule has 1 aliphatic carbocycles. The second-order valence-electron chi connectivity index (χ2n) is 7.98. The van der Waals surface area contributed by atoms with E-state index in [2.05, 4.69) is 18.2 Å². The van der Waals surface area contributed by atoms with Crippen molar-refractivity contribution < 1.29 is 14.5 Å². The zero-order valence-electron chi connectivity index (χ0n) is 20.5. The van der Waals surface area contributed by atoms with Crippen LogP contribution in [0.5, 0.6) is 0 Å². The van der Waals surface area contributed by atoms with Crippen LogP contribution >= 0.6 is 0 Å². The summed E-state index contributed by atoms with van der Waals surface area (Å²) in [4.78, 5) is 0. The Morgan fingerprint density at radius 3 is 2.64 bits per heavy atom. The average Bonchev–Trinajstić information content (AvgIpc) is 3.12. The molecule has 2 aromatic heterocycles. The number of aromatic nitrogens is 1. The predicted octanol–water partition coefficient (Wildman–Crippen LogP) is 6.84. The highest BCUT2D eigenvalue weighted by Gasteiger charge is 2.26. The molecule has 2 nitrogen and oxygen atoms in total. The fourth-order valence-corrected chi connectivity index (χ4v) is 4.60. The average molecular weight is 375 g/mol. The number of hydrogen-bond acceptors (Lipinski definition) is 1. The van der Waals surface area contributed by atoms with Crippen molar-refractivity contribution in [1.29, 1.82) is 0 Å².